The number of alkyl halides is 3. The number of piperazine rings is 1. The molecule has 1 aliphatic heterocycles. The van der Waals surface area contributed by atoms with Crippen molar-refractivity contribution in [3.63, 3.8) is 0 Å². The van der Waals surface area contributed by atoms with Gasteiger partial charge >= 0.3 is 6.18 Å². The fraction of sp³-hybridized carbons (Fsp3) is 0.238. The summed E-state index contributed by atoms with van der Waals surface area (Å²) in [4.78, 5) is 16.7. The molecule has 1 fully saturated rings. The number of benzene rings is 2. The smallest absolute Gasteiger partial charge is 0.336 e. The van der Waals surface area contributed by atoms with Crippen LogP contribution in [-0.2, 0) is 16.2 Å². The van der Waals surface area contributed by atoms with Crippen LogP contribution >= 0.6 is 12.2 Å². The minimum atomic E-state index is -4.80. The molecule has 3 aromatic rings. The summed E-state index contributed by atoms with van der Waals surface area (Å²) in [6.45, 7) is -0.203. The van der Waals surface area contributed by atoms with E-state index in [1.165, 1.54) is 17.2 Å². The molecule has 33 heavy (non-hydrogen) atoms. The van der Waals surface area contributed by atoms with Crippen LogP contribution in [0, 0.1) is 4.77 Å². The largest absolute Gasteiger partial charge is 0.417 e. The molecule has 1 aliphatic rings. The Kier molecular flexibility index (Phi) is 6.16. The molecule has 174 valence electrons. The maximum atomic E-state index is 13.3. The van der Waals surface area contributed by atoms with Crippen LogP contribution in [0.4, 0.5) is 13.2 Å². The number of carbonyl (C=O) groups is 1. The molecule has 0 unspecified atom stereocenters. The van der Waals surface area contributed by atoms with Gasteiger partial charge in [0, 0.05) is 38.1 Å². The number of sulfonamides is 1. The number of amides is 1. The summed E-state index contributed by atoms with van der Waals surface area (Å²) in [5.41, 5.74) is -0.236. The standard InChI is InChI=1S/C21H19F3N4O3S2/c22-21(23,24)16-8-4-5-9-18(16)33(30,31)27-12-10-26(11-13-27)19(29)17-14-25-20(32)28(17)15-6-2-1-3-7-15/h1-9,14H,10-13H2,(H,25,32). The fourth-order valence-electron chi connectivity index (χ4n) is 3.72. The first-order valence-corrected chi connectivity index (χ1v) is 11.8. The number of hydrogen-bond donors (Lipinski definition) is 1. The van der Waals surface area contributed by atoms with Crippen LogP contribution < -0.4 is 0 Å². The van der Waals surface area contributed by atoms with Gasteiger partial charge in [-0.15, -0.1) is 0 Å². The Morgan fingerprint density at radius 3 is 2.18 bits per heavy atom. The Labute approximate surface area is 193 Å². The predicted octanol–water partition coefficient (Wildman–Crippen LogP) is 3.70. The first-order chi connectivity index (χ1) is 15.6. The molecule has 1 saturated heterocycles. The second kappa shape index (κ2) is 8.76. The lowest BCUT2D eigenvalue weighted by Crippen LogP contribution is -2.51. The van der Waals surface area contributed by atoms with Gasteiger partial charge in [0.25, 0.3) is 5.91 Å². The molecule has 0 aliphatic carbocycles. The quantitative estimate of drug-likeness (QED) is 0.559. The highest BCUT2D eigenvalue weighted by Gasteiger charge is 2.40. The van der Waals surface area contributed by atoms with Crippen LogP contribution in [0.25, 0.3) is 5.69 Å². The van der Waals surface area contributed by atoms with Crippen molar-refractivity contribution in [1.82, 2.24) is 18.8 Å². The Hall–Kier alpha value is -2.96. The Morgan fingerprint density at radius 2 is 1.55 bits per heavy atom. The van der Waals surface area contributed by atoms with Gasteiger partial charge in [-0.3, -0.25) is 9.36 Å². The molecule has 0 saturated carbocycles. The maximum absolute atomic E-state index is 13.3. The summed E-state index contributed by atoms with van der Waals surface area (Å²) >= 11 is 5.30. The molecule has 0 spiro atoms. The van der Waals surface area contributed by atoms with Crippen LogP contribution in [0.1, 0.15) is 16.1 Å². The number of halogens is 3. The van der Waals surface area contributed by atoms with Crippen molar-refractivity contribution >= 4 is 28.1 Å². The number of imidazole rings is 1. The number of para-hydroxylation sites is 1. The highest BCUT2D eigenvalue weighted by atomic mass is 32.2. The molecule has 7 nitrogen and oxygen atoms in total. The van der Waals surface area contributed by atoms with E-state index < -0.39 is 26.7 Å². The van der Waals surface area contributed by atoms with Gasteiger partial charge in [0.05, 0.1) is 10.5 Å². The van der Waals surface area contributed by atoms with Crippen molar-refractivity contribution < 1.29 is 26.4 Å². The van der Waals surface area contributed by atoms with Gasteiger partial charge in [0.15, 0.2) is 4.77 Å². The molecule has 0 bridgehead atoms. The summed E-state index contributed by atoms with van der Waals surface area (Å²) in [6.07, 6.45) is -3.32. The van der Waals surface area contributed by atoms with Gasteiger partial charge in [0.1, 0.15) is 5.69 Å². The Morgan fingerprint density at radius 1 is 0.939 bits per heavy atom. The summed E-state index contributed by atoms with van der Waals surface area (Å²) in [6, 6.07) is 13.1. The highest BCUT2D eigenvalue weighted by molar-refractivity contribution is 7.89. The van der Waals surface area contributed by atoms with Gasteiger partial charge in [-0.1, -0.05) is 30.3 Å². The second-order valence-corrected chi connectivity index (χ2v) is 9.63. The predicted molar refractivity (Wildman–Crippen MR) is 117 cm³/mol. The molecule has 1 aromatic heterocycles. The number of carbonyl (C=O) groups excluding carboxylic acids is 1. The molecule has 0 radical (unpaired) electrons. The van der Waals surface area contributed by atoms with E-state index in [-0.39, 0.29) is 37.8 Å². The van der Waals surface area contributed by atoms with E-state index in [2.05, 4.69) is 4.98 Å². The number of hydrogen-bond acceptors (Lipinski definition) is 4. The fourth-order valence-corrected chi connectivity index (χ4v) is 5.61. The SMILES string of the molecule is O=C(c1c[nH]c(=S)n1-c1ccccc1)N1CCN(S(=O)(=O)c2ccccc2C(F)(F)F)CC1. The number of H-pyrrole nitrogens is 1. The average Bonchev–Trinajstić information content (AvgIpc) is 3.20. The lowest BCUT2D eigenvalue weighted by molar-refractivity contribution is -0.139. The minimum absolute atomic E-state index is 0.0268. The zero-order valence-electron chi connectivity index (χ0n) is 17.1. The first kappa shape index (κ1) is 23.2. The van der Waals surface area contributed by atoms with E-state index in [0.717, 1.165) is 22.5 Å². The van der Waals surface area contributed by atoms with Crippen molar-refractivity contribution in [2.24, 2.45) is 0 Å². The van der Waals surface area contributed by atoms with Crippen molar-refractivity contribution in [1.29, 1.82) is 0 Å². The molecule has 2 heterocycles. The molecular formula is C21H19F3N4O3S2. The zero-order valence-corrected chi connectivity index (χ0v) is 18.8. The van der Waals surface area contributed by atoms with E-state index in [9.17, 15) is 26.4 Å². The molecule has 0 atom stereocenters. The lowest BCUT2D eigenvalue weighted by atomic mass is 10.2. The van der Waals surface area contributed by atoms with Crippen LogP contribution in [0.15, 0.2) is 65.7 Å². The van der Waals surface area contributed by atoms with Crippen LogP contribution in [0.2, 0.25) is 0 Å². The highest BCUT2D eigenvalue weighted by Crippen LogP contribution is 2.35. The maximum Gasteiger partial charge on any atom is 0.417 e. The number of rotatable bonds is 4. The van der Waals surface area contributed by atoms with Crippen molar-refractivity contribution in [2.75, 3.05) is 26.2 Å². The van der Waals surface area contributed by atoms with Gasteiger partial charge in [-0.2, -0.15) is 17.5 Å². The van der Waals surface area contributed by atoms with Gasteiger partial charge in [-0.05, 0) is 36.5 Å². The molecule has 12 heteroatoms. The first-order valence-electron chi connectivity index (χ1n) is 9.92. The van der Waals surface area contributed by atoms with Crippen molar-refractivity contribution in [3.05, 3.63) is 76.8 Å². The van der Waals surface area contributed by atoms with Gasteiger partial charge in [0.2, 0.25) is 10.0 Å². The lowest BCUT2D eigenvalue weighted by Gasteiger charge is -2.34. The number of aromatic nitrogens is 2. The van der Waals surface area contributed by atoms with Crippen molar-refractivity contribution in [2.45, 2.75) is 11.1 Å². The monoisotopic (exact) mass is 496 g/mol. The summed E-state index contributed by atoms with van der Waals surface area (Å²) in [5.74, 6) is -0.362. The van der Waals surface area contributed by atoms with E-state index in [0.29, 0.717) is 10.5 Å². The third-order valence-electron chi connectivity index (χ3n) is 5.35. The number of nitrogens with one attached hydrogen (secondary N) is 1. The molecule has 1 amide bonds. The van der Waals surface area contributed by atoms with E-state index >= 15 is 0 Å². The third kappa shape index (κ3) is 4.45. The molecule has 4 rings (SSSR count). The van der Waals surface area contributed by atoms with Gasteiger partial charge in [-0.25, -0.2) is 8.42 Å². The molecule has 1 N–H and O–H groups in total. The normalized spacial score (nSPS) is 15.5. The van der Waals surface area contributed by atoms with Gasteiger partial charge < -0.3 is 9.88 Å². The van der Waals surface area contributed by atoms with Crippen LogP contribution in [0.5, 0.6) is 0 Å². The second-order valence-electron chi connectivity index (χ2n) is 7.34. The number of aromatic amines is 1. The zero-order chi connectivity index (χ0) is 23.8. The summed E-state index contributed by atoms with van der Waals surface area (Å²) < 4.78 is 68.8. The molecule has 2 aromatic carbocycles. The summed E-state index contributed by atoms with van der Waals surface area (Å²) in [7, 11) is -4.39. The van der Waals surface area contributed by atoms with Crippen LogP contribution in [-0.4, -0.2) is 59.3 Å². The summed E-state index contributed by atoms with van der Waals surface area (Å²) in [5, 5.41) is 0. The molecular weight excluding hydrogens is 477 g/mol. The topological polar surface area (TPSA) is 78.4 Å². The average molecular weight is 497 g/mol. The Balaban J connectivity index is 1.54. The van der Waals surface area contributed by atoms with Crippen LogP contribution in [0.3, 0.4) is 0 Å². The Bertz CT molecular complexity index is 1330. The van der Waals surface area contributed by atoms with Crippen molar-refractivity contribution in [3.8, 4) is 5.69 Å². The van der Waals surface area contributed by atoms with E-state index in [4.69, 9.17) is 12.2 Å². The number of nitrogens with zero attached hydrogens (tertiary/aromatic N) is 3. The van der Waals surface area contributed by atoms with E-state index in [1.54, 1.807) is 28.8 Å². The minimum Gasteiger partial charge on any atom is -0.336 e. The van der Waals surface area contributed by atoms with E-state index in [1.807, 2.05) is 6.07 Å². The third-order valence-corrected chi connectivity index (χ3v) is 7.60.